The maximum atomic E-state index is 12.6. The highest BCUT2D eigenvalue weighted by atomic mass is 35.5. The summed E-state index contributed by atoms with van der Waals surface area (Å²) in [6.45, 7) is 1.95. The monoisotopic (exact) mass is 329 g/mol. The first-order valence-electron chi connectivity index (χ1n) is 6.82. The molecular formula is C16H12ClN3OS. The van der Waals surface area contributed by atoms with Gasteiger partial charge in [0.1, 0.15) is 5.04 Å². The number of hydrogen-bond donors (Lipinski definition) is 2. The van der Waals surface area contributed by atoms with E-state index in [0.29, 0.717) is 5.02 Å². The number of rotatable bonds is 1. The van der Waals surface area contributed by atoms with E-state index >= 15 is 0 Å². The molecule has 110 valence electrons. The minimum Gasteiger partial charge on any atom is -0.322 e. The van der Waals surface area contributed by atoms with Crippen LogP contribution in [0.25, 0.3) is 0 Å². The van der Waals surface area contributed by atoms with Gasteiger partial charge in [-0.25, -0.2) is 0 Å². The van der Waals surface area contributed by atoms with Crippen molar-refractivity contribution in [3.63, 3.8) is 0 Å². The van der Waals surface area contributed by atoms with Gasteiger partial charge in [0, 0.05) is 16.1 Å². The van der Waals surface area contributed by atoms with Crippen LogP contribution in [-0.4, -0.2) is 11.0 Å². The highest BCUT2D eigenvalue weighted by Crippen LogP contribution is 2.51. The van der Waals surface area contributed by atoms with E-state index in [1.165, 1.54) is 11.8 Å². The summed E-state index contributed by atoms with van der Waals surface area (Å²) in [6.07, 6.45) is 0. The molecule has 1 amide bonds. The van der Waals surface area contributed by atoms with Crippen molar-refractivity contribution in [2.75, 3.05) is 5.32 Å². The third-order valence-electron chi connectivity index (χ3n) is 3.86. The summed E-state index contributed by atoms with van der Waals surface area (Å²) in [5.41, 5.74) is 6.51. The zero-order valence-electron chi connectivity index (χ0n) is 11.7. The van der Waals surface area contributed by atoms with Crippen molar-refractivity contribution in [2.24, 2.45) is 5.10 Å². The second-order valence-electron chi connectivity index (χ2n) is 5.25. The third-order valence-corrected chi connectivity index (χ3v) is 5.48. The maximum absolute atomic E-state index is 12.6. The molecule has 0 saturated carbocycles. The van der Waals surface area contributed by atoms with E-state index in [-0.39, 0.29) is 5.91 Å². The number of fused-ring (bicyclic) bond motifs is 2. The molecule has 6 heteroatoms. The van der Waals surface area contributed by atoms with Gasteiger partial charge in [-0.3, -0.25) is 10.2 Å². The first kappa shape index (κ1) is 13.7. The second-order valence-corrected chi connectivity index (χ2v) is 6.86. The number of aryl methyl sites for hydroxylation is 1. The molecule has 2 heterocycles. The van der Waals surface area contributed by atoms with Crippen molar-refractivity contribution in [1.29, 1.82) is 0 Å². The number of nitrogens with zero attached hydrogens (tertiary/aromatic N) is 1. The summed E-state index contributed by atoms with van der Waals surface area (Å²) < 4.78 is 0. The van der Waals surface area contributed by atoms with Gasteiger partial charge in [-0.05, 0) is 18.6 Å². The number of halogens is 1. The molecule has 0 unspecified atom stereocenters. The van der Waals surface area contributed by atoms with Crippen molar-refractivity contribution in [3.05, 3.63) is 64.2 Å². The Kier molecular flexibility index (Phi) is 2.96. The van der Waals surface area contributed by atoms with Gasteiger partial charge in [0.2, 0.25) is 4.87 Å². The highest BCUT2D eigenvalue weighted by molar-refractivity contribution is 8.16. The number of amides is 1. The standard InChI is InChI=1S/C16H12ClN3OS/c1-9-7-8-11(17)12-13(9)18-15(21)16(12)20-19-14(22-16)10-5-3-2-4-6-10/h2-8,20H,1H3,(H,18,21)/t16-/m0/s1. The summed E-state index contributed by atoms with van der Waals surface area (Å²) in [4.78, 5) is 11.6. The van der Waals surface area contributed by atoms with Crippen molar-refractivity contribution in [1.82, 2.24) is 5.43 Å². The molecule has 2 aromatic rings. The molecule has 0 radical (unpaired) electrons. The molecule has 0 aliphatic carbocycles. The molecule has 0 fully saturated rings. The minimum atomic E-state index is -0.983. The quantitative estimate of drug-likeness (QED) is 0.842. The Bertz CT molecular complexity index is 822. The second kappa shape index (κ2) is 4.76. The fourth-order valence-corrected chi connectivity index (χ4v) is 4.27. The Morgan fingerprint density at radius 1 is 1.18 bits per heavy atom. The largest absolute Gasteiger partial charge is 0.322 e. The fourth-order valence-electron chi connectivity index (χ4n) is 2.73. The molecule has 0 aromatic heterocycles. The maximum Gasteiger partial charge on any atom is 0.267 e. The van der Waals surface area contributed by atoms with Gasteiger partial charge in [0.15, 0.2) is 0 Å². The number of hydrogen-bond acceptors (Lipinski definition) is 4. The topological polar surface area (TPSA) is 53.5 Å². The molecule has 1 spiro atoms. The number of thioether (sulfide) groups is 1. The predicted octanol–water partition coefficient (Wildman–Crippen LogP) is 3.45. The molecule has 2 aliphatic rings. The van der Waals surface area contributed by atoms with Gasteiger partial charge in [-0.15, -0.1) is 0 Å². The number of carbonyl (C=O) groups excluding carboxylic acids is 1. The average Bonchev–Trinajstić information content (AvgIpc) is 3.09. The van der Waals surface area contributed by atoms with Crippen LogP contribution in [0.4, 0.5) is 5.69 Å². The van der Waals surface area contributed by atoms with Gasteiger partial charge in [0.05, 0.1) is 5.69 Å². The molecule has 2 aliphatic heterocycles. The van der Waals surface area contributed by atoms with Crippen LogP contribution in [0, 0.1) is 6.92 Å². The summed E-state index contributed by atoms with van der Waals surface area (Å²) in [7, 11) is 0. The number of hydrazone groups is 1. The van der Waals surface area contributed by atoms with Gasteiger partial charge in [0.25, 0.3) is 5.91 Å². The Hall–Kier alpha value is -1.98. The highest BCUT2D eigenvalue weighted by Gasteiger charge is 2.53. The van der Waals surface area contributed by atoms with Gasteiger partial charge in [-0.1, -0.05) is 59.8 Å². The lowest BCUT2D eigenvalue weighted by molar-refractivity contribution is -0.118. The van der Waals surface area contributed by atoms with Crippen LogP contribution in [0.1, 0.15) is 16.7 Å². The van der Waals surface area contributed by atoms with Crippen LogP contribution < -0.4 is 10.7 Å². The van der Waals surface area contributed by atoms with Crippen LogP contribution in [0.2, 0.25) is 5.02 Å². The lowest BCUT2D eigenvalue weighted by Crippen LogP contribution is -2.40. The first-order chi connectivity index (χ1) is 10.6. The minimum absolute atomic E-state index is 0.140. The van der Waals surface area contributed by atoms with Gasteiger partial charge < -0.3 is 5.32 Å². The van der Waals surface area contributed by atoms with Crippen molar-refractivity contribution < 1.29 is 4.79 Å². The SMILES string of the molecule is Cc1ccc(Cl)c2c1NC(=O)[C@]21NN=C(c2ccccc2)S1. The predicted molar refractivity (Wildman–Crippen MR) is 90.2 cm³/mol. The van der Waals surface area contributed by atoms with E-state index in [1.54, 1.807) is 0 Å². The zero-order chi connectivity index (χ0) is 15.3. The van der Waals surface area contributed by atoms with Crippen LogP contribution in [-0.2, 0) is 9.67 Å². The van der Waals surface area contributed by atoms with E-state index < -0.39 is 4.87 Å². The number of benzene rings is 2. The van der Waals surface area contributed by atoms with Gasteiger partial charge in [-0.2, -0.15) is 5.10 Å². The average molecular weight is 330 g/mol. The number of carbonyl (C=O) groups is 1. The van der Waals surface area contributed by atoms with Crippen LogP contribution in [0.3, 0.4) is 0 Å². The van der Waals surface area contributed by atoms with Crippen molar-refractivity contribution >= 4 is 40.0 Å². The smallest absolute Gasteiger partial charge is 0.267 e. The molecule has 1 atom stereocenters. The lowest BCUT2D eigenvalue weighted by atomic mass is 10.0. The molecule has 22 heavy (non-hydrogen) atoms. The van der Waals surface area contributed by atoms with Crippen LogP contribution >= 0.6 is 23.4 Å². The normalized spacial score (nSPS) is 22.3. The van der Waals surface area contributed by atoms with E-state index in [2.05, 4.69) is 15.8 Å². The van der Waals surface area contributed by atoms with Crippen LogP contribution in [0.5, 0.6) is 0 Å². The Labute approximate surface area is 136 Å². The van der Waals surface area contributed by atoms with E-state index in [1.807, 2.05) is 49.4 Å². The fraction of sp³-hybridized carbons (Fsp3) is 0.125. The van der Waals surface area contributed by atoms with E-state index in [9.17, 15) is 4.79 Å². The molecule has 0 saturated heterocycles. The zero-order valence-corrected chi connectivity index (χ0v) is 13.3. The Balaban J connectivity index is 1.80. The summed E-state index contributed by atoms with van der Waals surface area (Å²) in [5, 5.41) is 8.64. The summed E-state index contributed by atoms with van der Waals surface area (Å²) in [5.74, 6) is -0.140. The van der Waals surface area contributed by atoms with Gasteiger partial charge >= 0.3 is 0 Å². The van der Waals surface area contributed by atoms with Crippen LogP contribution in [0.15, 0.2) is 47.6 Å². The lowest BCUT2D eigenvalue weighted by Gasteiger charge is -2.21. The Morgan fingerprint density at radius 2 is 1.95 bits per heavy atom. The van der Waals surface area contributed by atoms with Crippen molar-refractivity contribution in [3.8, 4) is 0 Å². The van der Waals surface area contributed by atoms with Crippen molar-refractivity contribution in [2.45, 2.75) is 11.8 Å². The molecular weight excluding hydrogens is 318 g/mol. The summed E-state index contributed by atoms with van der Waals surface area (Å²) >= 11 is 7.76. The van der Waals surface area contributed by atoms with E-state index in [4.69, 9.17) is 11.6 Å². The molecule has 0 bridgehead atoms. The van der Waals surface area contributed by atoms with E-state index in [0.717, 1.165) is 27.4 Å². The summed E-state index contributed by atoms with van der Waals surface area (Å²) in [6, 6.07) is 13.5. The molecule has 2 N–H and O–H groups in total. The third kappa shape index (κ3) is 1.79. The first-order valence-corrected chi connectivity index (χ1v) is 8.01. The Morgan fingerprint density at radius 3 is 2.73 bits per heavy atom. The number of anilines is 1. The molecule has 2 aromatic carbocycles. The molecule has 4 nitrogen and oxygen atoms in total. The molecule has 4 rings (SSSR count). The number of nitrogens with one attached hydrogen (secondary N) is 2.